The van der Waals surface area contributed by atoms with Gasteiger partial charge in [-0.25, -0.2) is 4.98 Å². The number of aryl methyl sites for hydroxylation is 1. The Hall–Kier alpha value is -3.08. The maximum atomic E-state index is 12.9. The number of ether oxygens (including phenoxy) is 1. The maximum Gasteiger partial charge on any atom is 0.314 e. The van der Waals surface area contributed by atoms with Crippen molar-refractivity contribution in [3.05, 3.63) is 66.2 Å². The number of carbonyl (C=O) groups is 1. The molecule has 3 aromatic rings. The van der Waals surface area contributed by atoms with Crippen molar-refractivity contribution in [2.75, 3.05) is 18.6 Å². The summed E-state index contributed by atoms with van der Waals surface area (Å²) in [5, 5.41) is 0. The summed E-state index contributed by atoms with van der Waals surface area (Å²) in [4.78, 5) is 18.8. The fourth-order valence-corrected chi connectivity index (χ4v) is 3.12. The van der Waals surface area contributed by atoms with Crippen molar-refractivity contribution in [3.8, 4) is 17.1 Å². The second-order valence-corrected chi connectivity index (χ2v) is 5.95. The number of benzene rings is 2. The zero-order chi connectivity index (χ0) is 17.2. The van der Waals surface area contributed by atoms with Crippen LogP contribution in [0.4, 0.5) is 5.69 Å². The normalized spacial score (nSPS) is 13.4. The minimum absolute atomic E-state index is 0.113. The lowest BCUT2D eigenvalue weighted by Crippen LogP contribution is -2.35. The van der Waals surface area contributed by atoms with Gasteiger partial charge in [0.15, 0.2) is 5.76 Å². The molecule has 0 radical (unpaired) electrons. The van der Waals surface area contributed by atoms with Crippen molar-refractivity contribution in [2.45, 2.75) is 12.8 Å². The standard InChI is InChI=1S/C20H18N2O3/c1-24-16-10-8-15(9-11-16)18-13-21-19(25-18)20(23)22-12-4-6-14-5-2-3-7-17(14)22/h2-3,5,7-11,13H,4,6,12H2,1H3. The number of aromatic nitrogens is 1. The van der Waals surface area contributed by atoms with Crippen molar-refractivity contribution < 1.29 is 13.9 Å². The molecule has 0 aliphatic carbocycles. The van der Waals surface area contributed by atoms with E-state index in [9.17, 15) is 4.79 Å². The van der Waals surface area contributed by atoms with Crippen LogP contribution in [-0.2, 0) is 6.42 Å². The van der Waals surface area contributed by atoms with E-state index < -0.39 is 0 Å². The van der Waals surface area contributed by atoms with Crippen LogP contribution in [0.5, 0.6) is 5.75 Å². The molecule has 0 atom stereocenters. The Morgan fingerprint density at radius 2 is 1.96 bits per heavy atom. The molecule has 2 aromatic carbocycles. The number of nitrogens with zero attached hydrogens (tertiary/aromatic N) is 2. The summed E-state index contributed by atoms with van der Waals surface area (Å²) in [5.41, 5.74) is 2.98. The zero-order valence-corrected chi connectivity index (χ0v) is 13.9. The smallest absolute Gasteiger partial charge is 0.314 e. The van der Waals surface area contributed by atoms with Crippen molar-refractivity contribution in [3.63, 3.8) is 0 Å². The summed E-state index contributed by atoms with van der Waals surface area (Å²) in [6, 6.07) is 15.4. The number of para-hydroxylation sites is 1. The quantitative estimate of drug-likeness (QED) is 0.728. The number of hydrogen-bond donors (Lipinski definition) is 0. The first-order valence-corrected chi connectivity index (χ1v) is 8.26. The van der Waals surface area contributed by atoms with Crippen molar-refractivity contribution in [2.24, 2.45) is 0 Å². The topological polar surface area (TPSA) is 55.6 Å². The highest BCUT2D eigenvalue weighted by Crippen LogP contribution is 2.29. The predicted octanol–water partition coefficient (Wildman–Crippen LogP) is 3.94. The number of amides is 1. The highest BCUT2D eigenvalue weighted by atomic mass is 16.5. The van der Waals surface area contributed by atoms with Gasteiger partial charge < -0.3 is 14.1 Å². The Labute approximate surface area is 145 Å². The van der Waals surface area contributed by atoms with Gasteiger partial charge in [-0.1, -0.05) is 18.2 Å². The molecule has 0 saturated heterocycles. The first kappa shape index (κ1) is 15.4. The van der Waals surface area contributed by atoms with Crippen LogP contribution in [0.3, 0.4) is 0 Å². The number of carbonyl (C=O) groups excluding carboxylic acids is 1. The number of fused-ring (bicyclic) bond motifs is 1. The summed E-state index contributed by atoms with van der Waals surface area (Å²) in [6.07, 6.45) is 3.52. The number of methoxy groups -OCH3 is 1. The van der Waals surface area contributed by atoms with E-state index in [1.807, 2.05) is 42.5 Å². The Morgan fingerprint density at radius 1 is 1.16 bits per heavy atom. The van der Waals surface area contributed by atoms with E-state index in [0.717, 1.165) is 29.8 Å². The van der Waals surface area contributed by atoms with Crippen LogP contribution >= 0.6 is 0 Å². The molecule has 5 heteroatoms. The minimum Gasteiger partial charge on any atom is -0.497 e. The molecule has 0 N–H and O–H groups in total. The van der Waals surface area contributed by atoms with E-state index in [1.165, 1.54) is 5.56 Å². The van der Waals surface area contributed by atoms with Crippen LogP contribution in [0.25, 0.3) is 11.3 Å². The molecule has 1 aliphatic heterocycles. The van der Waals surface area contributed by atoms with Crippen LogP contribution in [0.2, 0.25) is 0 Å². The lowest BCUT2D eigenvalue weighted by Gasteiger charge is -2.28. The van der Waals surface area contributed by atoms with Crippen molar-refractivity contribution in [1.82, 2.24) is 4.98 Å². The van der Waals surface area contributed by atoms with Gasteiger partial charge in [0.05, 0.1) is 13.3 Å². The molecule has 5 nitrogen and oxygen atoms in total. The summed E-state index contributed by atoms with van der Waals surface area (Å²) in [5.74, 6) is 1.25. The number of anilines is 1. The van der Waals surface area contributed by atoms with Gasteiger partial charge in [0.1, 0.15) is 5.75 Å². The molecule has 1 amide bonds. The van der Waals surface area contributed by atoms with E-state index >= 15 is 0 Å². The van der Waals surface area contributed by atoms with Gasteiger partial charge in [-0.3, -0.25) is 4.79 Å². The van der Waals surface area contributed by atoms with E-state index in [2.05, 4.69) is 11.1 Å². The van der Waals surface area contributed by atoms with Gasteiger partial charge in [0, 0.05) is 17.8 Å². The average Bonchev–Trinajstić information content (AvgIpc) is 3.17. The van der Waals surface area contributed by atoms with Crippen molar-refractivity contribution in [1.29, 1.82) is 0 Å². The molecule has 4 rings (SSSR count). The Balaban J connectivity index is 1.61. The number of oxazole rings is 1. The SMILES string of the molecule is COc1ccc(-c2cnc(C(=O)N3CCCc4ccccc43)o2)cc1. The lowest BCUT2D eigenvalue weighted by molar-refractivity contribution is 0.0952. The van der Waals surface area contributed by atoms with E-state index in [0.29, 0.717) is 12.3 Å². The first-order chi connectivity index (χ1) is 12.3. The monoisotopic (exact) mass is 334 g/mol. The number of rotatable bonds is 3. The van der Waals surface area contributed by atoms with E-state index in [1.54, 1.807) is 18.2 Å². The molecule has 0 saturated carbocycles. The molecule has 0 fully saturated rings. The maximum absolute atomic E-state index is 12.9. The zero-order valence-electron chi connectivity index (χ0n) is 13.9. The molecule has 0 spiro atoms. The fraction of sp³-hybridized carbons (Fsp3) is 0.200. The Bertz CT molecular complexity index is 899. The molecular weight excluding hydrogens is 316 g/mol. The number of hydrogen-bond acceptors (Lipinski definition) is 4. The summed E-state index contributed by atoms with van der Waals surface area (Å²) in [6.45, 7) is 0.677. The largest absolute Gasteiger partial charge is 0.497 e. The van der Waals surface area contributed by atoms with Crippen LogP contribution in [-0.4, -0.2) is 24.5 Å². The van der Waals surface area contributed by atoms with Gasteiger partial charge >= 0.3 is 5.91 Å². The van der Waals surface area contributed by atoms with Crippen LogP contribution in [0.15, 0.2) is 59.1 Å². The first-order valence-electron chi connectivity index (χ1n) is 8.26. The van der Waals surface area contributed by atoms with E-state index in [-0.39, 0.29) is 11.8 Å². The molecule has 0 bridgehead atoms. The van der Waals surface area contributed by atoms with Gasteiger partial charge in [0.2, 0.25) is 0 Å². The third-order valence-electron chi connectivity index (χ3n) is 4.42. The predicted molar refractivity (Wildman–Crippen MR) is 94.9 cm³/mol. The second kappa shape index (κ2) is 6.43. The highest BCUT2D eigenvalue weighted by molar-refractivity contribution is 6.03. The van der Waals surface area contributed by atoms with Gasteiger partial charge in [-0.05, 0) is 48.7 Å². The second-order valence-electron chi connectivity index (χ2n) is 5.95. The van der Waals surface area contributed by atoms with Gasteiger partial charge in [-0.15, -0.1) is 0 Å². The van der Waals surface area contributed by atoms with Gasteiger partial charge in [0.25, 0.3) is 5.89 Å². The molecule has 25 heavy (non-hydrogen) atoms. The van der Waals surface area contributed by atoms with Crippen molar-refractivity contribution >= 4 is 11.6 Å². The molecule has 0 unspecified atom stereocenters. The summed E-state index contributed by atoms with van der Waals surface area (Å²) >= 11 is 0. The molecular formula is C20H18N2O3. The Morgan fingerprint density at radius 3 is 2.76 bits per heavy atom. The third kappa shape index (κ3) is 2.89. The average molecular weight is 334 g/mol. The molecule has 2 heterocycles. The van der Waals surface area contributed by atoms with Crippen LogP contribution in [0.1, 0.15) is 22.7 Å². The summed E-state index contributed by atoms with van der Waals surface area (Å²) < 4.78 is 10.9. The third-order valence-corrected chi connectivity index (χ3v) is 4.42. The van der Waals surface area contributed by atoms with Gasteiger partial charge in [-0.2, -0.15) is 0 Å². The Kier molecular flexibility index (Phi) is 3.98. The highest BCUT2D eigenvalue weighted by Gasteiger charge is 2.26. The van der Waals surface area contributed by atoms with Crippen LogP contribution in [0, 0.1) is 0 Å². The molecule has 126 valence electrons. The minimum atomic E-state index is -0.202. The summed E-state index contributed by atoms with van der Waals surface area (Å²) in [7, 11) is 1.62. The lowest BCUT2D eigenvalue weighted by atomic mass is 10.0. The fourth-order valence-electron chi connectivity index (χ4n) is 3.12. The molecule has 1 aromatic heterocycles. The van der Waals surface area contributed by atoms with E-state index in [4.69, 9.17) is 9.15 Å². The van der Waals surface area contributed by atoms with Crippen LogP contribution < -0.4 is 9.64 Å². The molecule has 1 aliphatic rings.